The van der Waals surface area contributed by atoms with Crippen LogP contribution in [0.3, 0.4) is 0 Å². The highest BCUT2D eigenvalue weighted by molar-refractivity contribution is 9.09. The first-order valence-corrected chi connectivity index (χ1v) is 7.09. The summed E-state index contributed by atoms with van der Waals surface area (Å²) in [6.07, 6.45) is 0. The van der Waals surface area contributed by atoms with Gasteiger partial charge in [0.25, 0.3) is 0 Å². The van der Waals surface area contributed by atoms with Crippen LogP contribution in [0.4, 0.5) is 0 Å². The second kappa shape index (κ2) is 7.14. The average molecular weight is 399 g/mol. The van der Waals surface area contributed by atoms with Crippen molar-refractivity contribution in [3.63, 3.8) is 0 Å². The van der Waals surface area contributed by atoms with Gasteiger partial charge in [-0.1, -0.05) is 39.7 Å². The molecule has 1 unspecified atom stereocenters. The number of halogens is 2. The fourth-order valence-electron chi connectivity index (χ4n) is 2.11. The van der Waals surface area contributed by atoms with Crippen LogP contribution in [0.1, 0.15) is 37.7 Å². The van der Waals surface area contributed by atoms with Crippen LogP contribution in [0.25, 0.3) is 0 Å². The maximum Gasteiger partial charge on any atom is 0.180 e. The number of rotatable bonds is 3. The molecule has 2 nitrogen and oxygen atoms in total. The number of ketones is 1. The highest BCUT2D eigenvalue weighted by Crippen LogP contribution is 2.28. The van der Waals surface area contributed by atoms with Gasteiger partial charge in [0.1, 0.15) is 4.83 Å². The van der Waals surface area contributed by atoms with Gasteiger partial charge in [-0.3, -0.25) is 9.78 Å². The van der Waals surface area contributed by atoms with Crippen molar-refractivity contribution in [2.45, 2.75) is 25.6 Å². The Balaban J connectivity index is 0.00000200. The van der Waals surface area contributed by atoms with E-state index in [1.54, 1.807) is 0 Å². The topological polar surface area (TPSA) is 30.0 Å². The lowest BCUT2D eigenvalue weighted by atomic mass is 10.0. The Kier molecular flexibility index (Phi) is 6.08. The molecule has 0 radical (unpaired) electrons. The second-order valence-electron chi connectivity index (χ2n) is 4.78. The van der Waals surface area contributed by atoms with Crippen LogP contribution in [0, 0.1) is 20.8 Å². The molecule has 106 valence electrons. The summed E-state index contributed by atoms with van der Waals surface area (Å²) in [6, 6.07) is 11.5. The Bertz CT molecular complexity index is 605. The van der Waals surface area contributed by atoms with E-state index >= 15 is 0 Å². The van der Waals surface area contributed by atoms with Crippen LogP contribution >= 0.6 is 32.9 Å². The van der Waals surface area contributed by atoms with Gasteiger partial charge in [0.05, 0.1) is 0 Å². The third-order valence-electron chi connectivity index (χ3n) is 2.93. The molecule has 0 saturated heterocycles. The zero-order valence-electron chi connectivity index (χ0n) is 11.7. The van der Waals surface area contributed by atoms with Crippen molar-refractivity contribution in [3.05, 3.63) is 64.5 Å². The van der Waals surface area contributed by atoms with E-state index in [0.29, 0.717) is 0 Å². The van der Waals surface area contributed by atoms with Gasteiger partial charge in [-0.2, -0.15) is 0 Å². The molecule has 0 spiro atoms. The Labute approximate surface area is 138 Å². The minimum atomic E-state index is -0.324. The zero-order chi connectivity index (χ0) is 14.0. The van der Waals surface area contributed by atoms with Crippen molar-refractivity contribution >= 4 is 38.7 Å². The van der Waals surface area contributed by atoms with Crippen LogP contribution in [0.2, 0.25) is 0 Å². The Hall–Kier alpha value is -1.00. The summed E-state index contributed by atoms with van der Waals surface area (Å²) >= 11 is 3.50. The van der Waals surface area contributed by atoms with Crippen LogP contribution in [0.15, 0.2) is 36.4 Å². The predicted molar refractivity (Wildman–Crippen MR) is 91.2 cm³/mol. The second-order valence-corrected chi connectivity index (χ2v) is 5.70. The molecule has 2 rings (SSSR count). The van der Waals surface area contributed by atoms with Crippen LogP contribution in [-0.4, -0.2) is 10.8 Å². The molecule has 0 N–H and O–H groups in total. The quantitative estimate of drug-likeness (QED) is 0.543. The molecule has 0 fully saturated rings. The smallest absolute Gasteiger partial charge is 0.180 e. The maximum absolute atomic E-state index is 12.5. The molecule has 0 aliphatic heterocycles. The lowest BCUT2D eigenvalue weighted by molar-refractivity contribution is 0.0991. The van der Waals surface area contributed by atoms with Gasteiger partial charge in [-0.15, -0.1) is 17.0 Å². The van der Waals surface area contributed by atoms with E-state index in [1.807, 2.05) is 57.2 Å². The molecule has 0 aliphatic rings. The lowest BCUT2D eigenvalue weighted by Crippen LogP contribution is -2.08. The van der Waals surface area contributed by atoms with E-state index in [2.05, 4.69) is 20.9 Å². The highest BCUT2D eigenvalue weighted by Gasteiger charge is 2.19. The minimum Gasteiger partial charge on any atom is -0.293 e. The van der Waals surface area contributed by atoms with Crippen molar-refractivity contribution in [1.29, 1.82) is 0 Å². The number of nitrogens with zero attached hydrogens (tertiary/aromatic N) is 1. The molecule has 2 aromatic rings. The van der Waals surface area contributed by atoms with Crippen LogP contribution in [-0.2, 0) is 0 Å². The van der Waals surface area contributed by atoms with Gasteiger partial charge in [0.15, 0.2) is 5.78 Å². The summed E-state index contributed by atoms with van der Waals surface area (Å²) < 4.78 is 0. The number of pyridine rings is 1. The number of carbonyl (C=O) groups excluding carboxylic acids is 1. The fraction of sp³-hybridized carbons (Fsp3) is 0.250. The first kappa shape index (κ1) is 17.1. The third kappa shape index (κ3) is 4.00. The summed E-state index contributed by atoms with van der Waals surface area (Å²) in [7, 11) is 0. The van der Waals surface area contributed by atoms with Crippen LogP contribution < -0.4 is 0 Å². The molecule has 0 amide bonds. The molecule has 4 heteroatoms. The highest BCUT2D eigenvalue weighted by atomic mass is 79.9. The molecular formula is C16H17Br2NO. The van der Waals surface area contributed by atoms with E-state index in [1.165, 1.54) is 0 Å². The van der Waals surface area contributed by atoms with Crippen molar-refractivity contribution in [1.82, 2.24) is 4.98 Å². The summed E-state index contributed by atoms with van der Waals surface area (Å²) in [5.41, 5.74) is 4.63. The van der Waals surface area contributed by atoms with E-state index in [0.717, 1.165) is 28.1 Å². The number of benzene rings is 1. The predicted octanol–water partition coefficient (Wildman–Crippen LogP) is 4.90. The van der Waals surface area contributed by atoms with Crippen LogP contribution in [0.5, 0.6) is 0 Å². The fourth-order valence-corrected chi connectivity index (χ4v) is 2.64. The van der Waals surface area contributed by atoms with Gasteiger partial charge in [0.2, 0.25) is 0 Å². The molecule has 20 heavy (non-hydrogen) atoms. The molecule has 1 heterocycles. The number of carbonyl (C=O) groups is 1. The number of aryl methyl sites for hydroxylation is 3. The number of aromatic nitrogens is 1. The van der Waals surface area contributed by atoms with Crippen molar-refractivity contribution in [2.75, 3.05) is 0 Å². The van der Waals surface area contributed by atoms with Gasteiger partial charge < -0.3 is 0 Å². The Morgan fingerprint density at radius 1 is 1.10 bits per heavy atom. The lowest BCUT2D eigenvalue weighted by Gasteiger charge is -2.11. The zero-order valence-corrected chi connectivity index (χ0v) is 15.0. The molecular weight excluding hydrogens is 382 g/mol. The van der Waals surface area contributed by atoms with Crippen molar-refractivity contribution < 1.29 is 4.79 Å². The molecule has 0 saturated carbocycles. The normalized spacial score (nSPS) is 11.6. The average Bonchev–Trinajstić information content (AvgIpc) is 2.36. The first-order valence-electron chi connectivity index (χ1n) is 6.17. The van der Waals surface area contributed by atoms with Crippen molar-refractivity contribution in [3.8, 4) is 0 Å². The van der Waals surface area contributed by atoms with Gasteiger partial charge in [-0.25, -0.2) is 0 Å². The largest absolute Gasteiger partial charge is 0.293 e. The molecule has 1 atom stereocenters. The molecule has 1 aromatic heterocycles. The minimum absolute atomic E-state index is 0. The number of hydrogen-bond acceptors (Lipinski definition) is 2. The summed E-state index contributed by atoms with van der Waals surface area (Å²) in [6.45, 7) is 5.86. The Morgan fingerprint density at radius 3 is 2.25 bits per heavy atom. The number of hydrogen-bond donors (Lipinski definition) is 0. The van der Waals surface area contributed by atoms with E-state index in [-0.39, 0.29) is 27.6 Å². The molecule has 0 aliphatic carbocycles. The molecule has 0 bridgehead atoms. The number of Topliss-reactive ketones (excluding diaryl/α,β-unsaturated/α-hetero) is 1. The monoisotopic (exact) mass is 397 g/mol. The van der Waals surface area contributed by atoms with Gasteiger partial charge in [0, 0.05) is 17.0 Å². The maximum atomic E-state index is 12.5. The third-order valence-corrected chi connectivity index (χ3v) is 3.87. The Morgan fingerprint density at radius 2 is 1.70 bits per heavy atom. The SMILES string of the molecule is Br.Cc1cccc(C(=O)C(Br)c2cc(C)nc(C)c2)c1. The first-order chi connectivity index (χ1) is 8.97. The summed E-state index contributed by atoms with van der Waals surface area (Å²) in [4.78, 5) is 16.5. The van der Waals surface area contributed by atoms with Crippen molar-refractivity contribution in [2.24, 2.45) is 0 Å². The van der Waals surface area contributed by atoms with E-state index < -0.39 is 0 Å². The summed E-state index contributed by atoms with van der Waals surface area (Å²) in [5, 5.41) is 0. The standard InChI is InChI=1S/C16H16BrNO.BrH/c1-10-5-4-6-13(7-10)16(19)15(17)14-8-11(2)18-12(3)9-14;/h4-9,15H,1-3H3;1H. The van der Waals surface area contributed by atoms with Gasteiger partial charge in [-0.05, 0) is 44.5 Å². The van der Waals surface area contributed by atoms with Gasteiger partial charge >= 0.3 is 0 Å². The van der Waals surface area contributed by atoms with E-state index in [9.17, 15) is 4.79 Å². The number of alkyl halides is 1. The summed E-state index contributed by atoms with van der Waals surface area (Å²) in [5.74, 6) is 0.0775. The van der Waals surface area contributed by atoms with E-state index in [4.69, 9.17) is 0 Å². The molecule has 1 aromatic carbocycles.